The Morgan fingerprint density at radius 2 is 2.33 bits per heavy atom. The number of nitrogens with one attached hydrogen (secondary N) is 1. The Morgan fingerprint density at radius 3 is 3.00 bits per heavy atom. The molecule has 0 bridgehead atoms. The van der Waals surface area contributed by atoms with Crippen molar-refractivity contribution in [3.63, 3.8) is 0 Å². The smallest absolute Gasteiger partial charge is 0.286 e. The lowest BCUT2D eigenvalue weighted by atomic mass is 10.4. The second-order valence-corrected chi connectivity index (χ2v) is 3.85. The van der Waals surface area contributed by atoms with Crippen LogP contribution in [0.5, 0.6) is 0 Å². The third-order valence-corrected chi connectivity index (χ3v) is 2.67. The van der Waals surface area contributed by atoms with E-state index in [0.717, 1.165) is 17.0 Å². The molecule has 7 heteroatoms. The summed E-state index contributed by atoms with van der Waals surface area (Å²) < 4.78 is 4.04. The summed E-state index contributed by atoms with van der Waals surface area (Å²) in [6.07, 6.45) is 3.52. The van der Waals surface area contributed by atoms with Gasteiger partial charge in [0.05, 0.1) is 7.05 Å². The fraction of sp³-hybridized carbons (Fsp3) is 0.182. The predicted molar refractivity (Wildman–Crippen MR) is 67.4 cm³/mol. The second kappa shape index (κ2) is 4.84. The lowest BCUT2D eigenvalue weighted by Gasteiger charge is -1.91. The van der Waals surface area contributed by atoms with Gasteiger partial charge in [0.25, 0.3) is 5.65 Å². The van der Waals surface area contributed by atoms with E-state index in [9.17, 15) is 0 Å². The van der Waals surface area contributed by atoms with Crippen LogP contribution in [0.2, 0.25) is 0 Å². The van der Waals surface area contributed by atoms with Crippen molar-refractivity contribution < 1.29 is 9.61 Å². The Kier molecular flexibility index (Phi) is 3.24. The van der Waals surface area contributed by atoms with Crippen LogP contribution in [0.1, 0.15) is 11.4 Å². The highest BCUT2D eigenvalue weighted by Crippen LogP contribution is 2.03. The van der Waals surface area contributed by atoms with Crippen molar-refractivity contribution in [2.45, 2.75) is 6.92 Å². The van der Waals surface area contributed by atoms with Crippen LogP contribution in [0, 0.1) is 6.92 Å². The zero-order valence-corrected chi connectivity index (χ0v) is 10.2. The summed E-state index contributed by atoms with van der Waals surface area (Å²) in [5.41, 5.74) is 9.99. The van der Waals surface area contributed by atoms with E-state index in [0.29, 0.717) is 0 Å². The Labute approximate surface area is 104 Å². The van der Waals surface area contributed by atoms with E-state index >= 15 is 0 Å². The number of hydroxylamine groups is 1. The molecule has 7 nitrogen and oxygen atoms in total. The minimum Gasteiger partial charge on any atom is -0.367 e. The van der Waals surface area contributed by atoms with E-state index < -0.39 is 0 Å². The van der Waals surface area contributed by atoms with Gasteiger partial charge in [0.1, 0.15) is 18.1 Å². The van der Waals surface area contributed by atoms with Crippen LogP contribution >= 0.6 is 0 Å². The van der Waals surface area contributed by atoms with Gasteiger partial charge in [0.15, 0.2) is 5.69 Å². The lowest BCUT2D eigenvalue weighted by Crippen LogP contribution is -2.27. The van der Waals surface area contributed by atoms with Crippen molar-refractivity contribution in [3.05, 3.63) is 35.8 Å². The van der Waals surface area contributed by atoms with E-state index in [4.69, 9.17) is 10.9 Å². The number of rotatable bonds is 2. The first-order chi connectivity index (χ1) is 8.63. The highest BCUT2D eigenvalue weighted by atomic mass is 16.5. The molecule has 0 aliphatic carbocycles. The van der Waals surface area contributed by atoms with Crippen molar-refractivity contribution in [2.75, 3.05) is 0 Å². The minimum atomic E-state index is -0.158. The molecule has 0 fully saturated rings. The molecule has 18 heavy (non-hydrogen) atoms. The number of aryl methyl sites for hydroxylation is 2. The molecule has 0 spiro atoms. The monoisotopic (exact) mass is 247 g/mol. The number of pyridine rings is 1. The molecular formula is C11H15N6O+. The SMILES string of the molecule is Cc1cccc2n(C)c(/C=N/N=C(/N)NO)c[n+]12. The number of fused-ring (bicyclic) bond motifs is 1. The van der Waals surface area contributed by atoms with E-state index in [1.165, 1.54) is 0 Å². The molecule has 0 aromatic carbocycles. The maximum atomic E-state index is 8.45. The van der Waals surface area contributed by atoms with Crippen LogP contribution in [0.25, 0.3) is 5.65 Å². The van der Waals surface area contributed by atoms with E-state index in [1.807, 2.05) is 42.9 Å². The van der Waals surface area contributed by atoms with Gasteiger partial charge in [-0.1, -0.05) is 6.07 Å². The zero-order chi connectivity index (χ0) is 13.1. The highest BCUT2D eigenvalue weighted by Gasteiger charge is 2.13. The number of guanidine groups is 1. The number of nitrogens with two attached hydrogens (primary N) is 1. The fourth-order valence-corrected chi connectivity index (χ4v) is 1.70. The first-order valence-corrected chi connectivity index (χ1v) is 5.37. The number of hydrogen-bond acceptors (Lipinski definition) is 3. The van der Waals surface area contributed by atoms with Crippen LogP contribution in [-0.2, 0) is 7.05 Å². The fourth-order valence-electron chi connectivity index (χ4n) is 1.70. The molecule has 0 atom stereocenters. The summed E-state index contributed by atoms with van der Waals surface area (Å²) in [5, 5.41) is 15.8. The van der Waals surface area contributed by atoms with Crippen LogP contribution < -0.4 is 15.6 Å². The van der Waals surface area contributed by atoms with Gasteiger partial charge in [0, 0.05) is 6.07 Å². The van der Waals surface area contributed by atoms with Crippen LogP contribution in [0.15, 0.2) is 34.6 Å². The molecule has 0 aliphatic heterocycles. The van der Waals surface area contributed by atoms with E-state index in [1.54, 1.807) is 11.7 Å². The van der Waals surface area contributed by atoms with Gasteiger partial charge in [0.2, 0.25) is 5.96 Å². The van der Waals surface area contributed by atoms with Crippen molar-refractivity contribution in [2.24, 2.45) is 23.0 Å². The van der Waals surface area contributed by atoms with Gasteiger partial charge < -0.3 is 5.73 Å². The van der Waals surface area contributed by atoms with Gasteiger partial charge in [-0.25, -0.2) is 10.0 Å². The number of imidazole rings is 1. The maximum absolute atomic E-state index is 8.45. The summed E-state index contributed by atoms with van der Waals surface area (Å²) in [7, 11) is 1.94. The Balaban J connectivity index is 2.41. The first kappa shape index (κ1) is 12.1. The third-order valence-electron chi connectivity index (χ3n) is 2.67. The van der Waals surface area contributed by atoms with Crippen molar-refractivity contribution >= 4 is 17.8 Å². The topological polar surface area (TPSA) is 92.0 Å². The average molecular weight is 247 g/mol. The first-order valence-electron chi connectivity index (χ1n) is 5.37. The molecule has 2 heterocycles. The summed E-state index contributed by atoms with van der Waals surface area (Å²) in [5.74, 6) is -0.158. The van der Waals surface area contributed by atoms with E-state index in [-0.39, 0.29) is 5.96 Å². The molecule has 2 rings (SSSR count). The number of aromatic nitrogens is 2. The standard InChI is InChI=1S/C11H15N6O/c1-8-4-3-5-10-16(2)9(7-17(8)10)6-13-14-11(12)15-18/h3-7,18H,1-2H3,(H3,12,14,15)/q+1/b13-6+. The third kappa shape index (κ3) is 2.16. The predicted octanol–water partition coefficient (Wildman–Crippen LogP) is -0.300. The molecule has 2 aromatic heterocycles. The Morgan fingerprint density at radius 1 is 1.56 bits per heavy atom. The van der Waals surface area contributed by atoms with Crippen LogP contribution in [0.3, 0.4) is 0 Å². The molecule has 4 N–H and O–H groups in total. The summed E-state index contributed by atoms with van der Waals surface area (Å²) in [4.78, 5) is 0. The number of hydrogen-bond donors (Lipinski definition) is 3. The Bertz CT molecular complexity index is 628. The molecule has 0 aliphatic rings. The van der Waals surface area contributed by atoms with Crippen molar-refractivity contribution in [1.29, 1.82) is 0 Å². The molecular weight excluding hydrogens is 232 g/mol. The minimum absolute atomic E-state index is 0.158. The van der Waals surface area contributed by atoms with E-state index in [2.05, 4.69) is 14.6 Å². The van der Waals surface area contributed by atoms with Crippen molar-refractivity contribution in [3.8, 4) is 0 Å². The largest absolute Gasteiger partial charge is 0.367 e. The second-order valence-electron chi connectivity index (χ2n) is 3.85. The molecule has 0 unspecified atom stereocenters. The molecule has 0 radical (unpaired) electrons. The van der Waals surface area contributed by atoms with Gasteiger partial charge in [-0.05, 0) is 13.0 Å². The molecule has 0 saturated carbocycles. The van der Waals surface area contributed by atoms with Crippen molar-refractivity contribution in [1.82, 2.24) is 10.0 Å². The number of nitrogens with zero attached hydrogens (tertiary/aromatic N) is 4. The van der Waals surface area contributed by atoms with Gasteiger partial charge in [-0.3, -0.25) is 5.21 Å². The Hall–Kier alpha value is -2.41. The summed E-state index contributed by atoms with van der Waals surface area (Å²) in [6.45, 7) is 2.03. The molecule has 94 valence electrons. The average Bonchev–Trinajstić information content (AvgIpc) is 2.69. The van der Waals surface area contributed by atoms with Gasteiger partial charge in [-0.15, -0.1) is 5.10 Å². The highest BCUT2D eigenvalue weighted by molar-refractivity contribution is 5.80. The van der Waals surface area contributed by atoms with Gasteiger partial charge >= 0.3 is 0 Å². The quantitative estimate of drug-likeness (QED) is 0.294. The summed E-state index contributed by atoms with van der Waals surface area (Å²) in [6, 6.07) is 6.04. The molecule has 0 amide bonds. The van der Waals surface area contributed by atoms with Gasteiger partial charge in [-0.2, -0.15) is 9.50 Å². The zero-order valence-electron chi connectivity index (χ0n) is 10.2. The van der Waals surface area contributed by atoms with Crippen LogP contribution in [-0.4, -0.2) is 21.9 Å². The summed E-state index contributed by atoms with van der Waals surface area (Å²) >= 11 is 0. The lowest BCUT2D eigenvalue weighted by molar-refractivity contribution is -0.518. The maximum Gasteiger partial charge on any atom is 0.286 e. The van der Waals surface area contributed by atoms with Crippen LogP contribution in [0.4, 0.5) is 0 Å². The normalized spacial score (nSPS) is 12.5. The molecule has 0 saturated heterocycles. The molecule has 2 aromatic rings.